The van der Waals surface area contributed by atoms with Gasteiger partial charge in [0.2, 0.25) is 5.91 Å². The summed E-state index contributed by atoms with van der Waals surface area (Å²) in [5.41, 5.74) is 2.21. The predicted octanol–water partition coefficient (Wildman–Crippen LogP) is 1.85. The summed E-state index contributed by atoms with van der Waals surface area (Å²) in [5, 5.41) is 6.26. The summed E-state index contributed by atoms with van der Waals surface area (Å²) in [5.74, 6) is 0.259. The molecule has 1 saturated heterocycles. The number of hydrogen-bond acceptors (Lipinski definition) is 4. The topological polar surface area (TPSA) is 64.7 Å². The molecule has 0 bridgehead atoms. The van der Waals surface area contributed by atoms with E-state index in [4.69, 9.17) is 0 Å². The van der Waals surface area contributed by atoms with Gasteiger partial charge >= 0.3 is 0 Å². The van der Waals surface area contributed by atoms with Gasteiger partial charge in [-0.05, 0) is 31.2 Å². The fourth-order valence-corrected chi connectivity index (χ4v) is 3.18. The molecule has 2 aliphatic rings. The third kappa shape index (κ3) is 3.24. The summed E-state index contributed by atoms with van der Waals surface area (Å²) in [4.78, 5) is 29.1. The van der Waals surface area contributed by atoms with E-state index in [1.54, 1.807) is 6.07 Å². The van der Waals surface area contributed by atoms with Gasteiger partial charge in [0.05, 0.1) is 11.4 Å². The van der Waals surface area contributed by atoms with Crippen LogP contribution in [0.1, 0.15) is 30.6 Å². The van der Waals surface area contributed by atoms with Crippen LogP contribution in [-0.2, 0) is 4.79 Å². The first kappa shape index (κ1) is 16.8. The average molecular weight is 330 g/mol. The van der Waals surface area contributed by atoms with E-state index in [0.29, 0.717) is 11.3 Å². The molecule has 3 rings (SSSR count). The first-order valence-electron chi connectivity index (χ1n) is 8.69. The zero-order valence-electron chi connectivity index (χ0n) is 14.6. The Balaban J connectivity index is 1.76. The van der Waals surface area contributed by atoms with Crippen LogP contribution in [0.15, 0.2) is 18.2 Å². The number of amides is 2. The van der Waals surface area contributed by atoms with Crippen LogP contribution in [0.5, 0.6) is 0 Å². The average Bonchev–Trinajstić information content (AvgIpc) is 2.60. The number of hydrogen-bond donors (Lipinski definition) is 2. The van der Waals surface area contributed by atoms with Crippen molar-refractivity contribution in [3.8, 4) is 0 Å². The molecule has 0 unspecified atom stereocenters. The first-order chi connectivity index (χ1) is 11.5. The van der Waals surface area contributed by atoms with Gasteiger partial charge in [0.15, 0.2) is 0 Å². The van der Waals surface area contributed by atoms with Crippen LogP contribution in [0.3, 0.4) is 0 Å². The Hall–Kier alpha value is -2.08. The van der Waals surface area contributed by atoms with E-state index in [9.17, 15) is 9.59 Å². The summed E-state index contributed by atoms with van der Waals surface area (Å²) < 4.78 is 0. The number of anilines is 2. The minimum atomic E-state index is -0.221. The van der Waals surface area contributed by atoms with E-state index < -0.39 is 0 Å². The lowest BCUT2D eigenvalue weighted by Gasteiger charge is -2.33. The largest absolute Gasteiger partial charge is 0.372 e. The molecule has 0 aliphatic carbocycles. The smallest absolute Gasteiger partial charge is 0.254 e. The van der Waals surface area contributed by atoms with Crippen molar-refractivity contribution >= 4 is 23.2 Å². The summed E-state index contributed by atoms with van der Waals surface area (Å²) in [6.45, 7) is 7.41. The van der Waals surface area contributed by atoms with Crippen molar-refractivity contribution in [1.29, 1.82) is 0 Å². The molecule has 1 fully saturated rings. The molecule has 2 atom stereocenters. The molecular formula is C18H26N4O2. The first-order valence-corrected chi connectivity index (χ1v) is 8.69. The standard InChI is InChI=1S/C18H26N4O2/c1-4-12(2)16-17(23)20-15-11-13(5-6-14(15)19-16)18(24)22-9-7-21(3)8-10-22/h5-6,11-12,16,19H,4,7-10H2,1-3H3,(H,20,23)/t12-,16+/m1/s1. The molecule has 0 radical (unpaired) electrons. The van der Waals surface area contributed by atoms with Crippen molar-refractivity contribution in [3.63, 3.8) is 0 Å². The van der Waals surface area contributed by atoms with Gasteiger partial charge in [0.1, 0.15) is 6.04 Å². The van der Waals surface area contributed by atoms with Gasteiger partial charge in [-0.25, -0.2) is 0 Å². The summed E-state index contributed by atoms with van der Waals surface area (Å²) in [6.07, 6.45) is 0.931. The van der Waals surface area contributed by atoms with Gasteiger partial charge in [-0.3, -0.25) is 9.59 Å². The van der Waals surface area contributed by atoms with Crippen LogP contribution in [0, 0.1) is 5.92 Å². The maximum absolute atomic E-state index is 12.7. The molecule has 6 heteroatoms. The Morgan fingerprint density at radius 2 is 1.96 bits per heavy atom. The molecule has 2 heterocycles. The summed E-state index contributed by atoms with van der Waals surface area (Å²) in [7, 11) is 2.07. The second kappa shape index (κ2) is 6.81. The van der Waals surface area contributed by atoms with Crippen molar-refractivity contribution < 1.29 is 9.59 Å². The number of piperazine rings is 1. The lowest BCUT2D eigenvalue weighted by Crippen LogP contribution is -2.47. The van der Waals surface area contributed by atoms with Crippen molar-refractivity contribution in [2.75, 3.05) is 43.9 Å². The SMILES string of the molecule is CC[C@@H](C)[C@@H]1Nc2ccc(C(=O)N3CCN(C)CC3)cc2NC1=O. The maximum atomic E-state index is 12.7. The van der Waals surface area contributed by atoms with Gasteiger partial charge in [0.25, 0.3) is 5.91 Å². The third-order valence-corrected chi connectivity index (χ3v) is 5.12. The number of carbonyl (C=O) groups excluding carboxylic acids is 2. The number of benzene rings is 1. The predicted molar refractivity (Wildman–Crippen MR) is 95.3 cm³/mol. The van der Waals surface area contributed by atoms with E-state index in [0.717, 1.165) is 38.3 Å². The molecule has 1 aromatic rings. The van der Waals surface area contributed by atoms with Crippen LogP contribution in [0.25, 0.3) is 0 Å². The highest BCUT2D eigenvalue weighted by Crippen LogP contribution is 2.30. The monoisotopic (exact) mass is 330 g/mol. The Bertz CT molecular complexity index is 638. The van der Waals surface area contributed by atoms with E-state index in [2.05, 4.69) is 36.4 Å². The number of likely N-dealkylation sites (N-methyl/N-ethyl adjacent to an activating group) is 1. The quantitative estimate of drug-likeness (QED) is 0.888. The highest BCUT2D eigenvalue weighted by atomic mass is 16.2. The zero-order valence-corrected chi connectivity index (χ0v) is 14.6. The number of nitrogens with one attached hydrogen (secondary N) is 2. The molecule has 2 N–H and O–H groups in total. The van der Waals surface area contributed by atoms with Crippen LogP contribution >= 0.6 is 0 Å². The zero-order chi connectivity index (χ0) is 17.3. The molecule has 2 aliphatic heterocycles. The minimum absolute atomic E-state index is 0.0268. The second-order valence-electron chi connectivity index (χ2n) is 6.85. The molecular weight excluding hydrogens is 304 g/mol. The highest BCUT2D eigenvalue weighted by Gasteiger charge is 2.30. The Kier molecular flexibility index (Phi) is 4.76. The number of nitrogens with zero attached hydrogens (tertiary/aromatic N) is 2. The van der Waals surface area contributed by atoms with E-state index in [-0.39, 0.29) is 23.8 Å². The Labute approximate surface area is 143 Å². The molecule has 130 valence electrons. The minimum Gasteiger partial charge on any atom is -0.372 e. The molecule has 2 amide bonds. The van der Waals surface area contributed by atoms with Crippen molar-refractivity contribution in [2.45, 2.75) is 26.3 Å². The van der Waals surface area contributed by atoms with Crippen LogP contribution in [-0.4, -0.2) is 60.9 Å². The van der Waals surface area contributed by atoms with E-state index in [1.807, 2.05) is 17.0 Å². The molecule has 0 aromatic heterocycles. The van der Waals surface area contributed by atoms with Crippen LogP contribution < -0.4 is 10.6 Å². The van der Waals surface area contributed by atoms with Gasteiger partial charge in [0, 0.05) is 31.7 Å². The fourth-order valence-electron chi connectivity index (χ4n) is 3.18. The second-order valence-corrected chi connectivity index (χ2v) is 6.85. The van der Waals surface area contributed by atoms with E-state index >= 15 is 0 Å². The van der Waals surface area contributed by atoms with Crippen LogP contribution in [0.4, 0.5) is 11.4 Å². The maximum Gasteiger partial charge on any atom is 0.254 e. The number of fused-ring (bicyclic) bond motifs is 1. The highest BCUT2D eigenvalue weighted by molar-refractivity contribution is 6.05. The van der Waals surface area contributed by atoms with Gasteiger partial charge < -0.3 is 20.4 Å². The molecule has 6 nitrogen and oxygen atoms in total. The Morgan fingerprint density at radius 3 is 2.62 bits per heavy atom. The van der Waals surface area contributed by atoms with Crippen molar-refractivity contribution in [3.05, 3.63) is 23.8 Å². The molecule has 0 saturated carbocycles. The van der Waals surface area contributed by atoms with E-state index in [1.165, 1.54) is 0 Å². The summed E-state index contributed by atoms with van der Waals surface area (Å²) >= 11 is 0. The van der Waals surface area contributed by atoms with Gasteiger partial charge in [-0.1, -0.05) is 20.3 Å². The fraction of sp³-hybridized carbons (Fsp3) is 0.556. The van der Waals surface area contributed by atoms with Crippen molar-refractivity contribution in [2.24, 2.45) is 5.92 Å². The number of carbonyl (C=O) groups is 2. The molecule has 0 spiro atoms. The third-order valence-electron chi connectivity index (χ3n) is 5.12. The molecule has 1 aromatic carbocycles. The lowest BCUT2D eigenvalue weighted by molar-refractivity contribution is -0.118. The normalized spacial score (nSPS) is 22.4. The van der Waals surface area contributed by atoms with Gasteiger partial charge in [-0.2, -0.15) is 0 Å². The van der Waals surface area contributed by atoms with Crippen molar-refractivity contribution in [1.82, 2.24) is 9.80 Å². The lowest BCUT2D eigenvalue weighted by atomic mass is 9.95. The summed E-state index contributed by atoms with van der Waals surface area (Å²) in [6, 6.07) is 5.31. The number of rotatable bonds is 3. The van der Waals surface area contributed by atoms with Crippen LogP contribution in [0.2, 0.25) is 0 Å². The van der Waals surface area contributed by atoms with Gasteiger partial charge in [-0.15, -0.1) is 0 Å². The molecule has 24 heavy (non-hydrogen) atoms. The Morgan fingerprint density at radius 1 is 1.25 bits per heavy atom.